The summed E-state index contributed by atoms with van der Waals surface area (Å²) in [6, 6.07) is 8.44. The van der Waals surface area contributed by atoms with E-state index in [0.717, 1.165) is 60.0 Å². The molecule has 0 saturated carbocycles. The van der Waals surface area contributed by atoms with E-state index in [4.69, 9.17) is 16.7 Å². The van der Waals surface area contributed by atoms with Crippen LogP contribution < -0.4 is 4.90 Å². The van der Waals surface area contributed by atoms with E-state index >= 15 is 0 Å². The predicted molar refractivity (Wildman–Crippen MR) is 121 cm³/mol. The topological polar surface area (TPSA) is 73.7 Å². The molecule has 3 unspecified atom stereocenters. The van der Waals surface area contributed by atoms with Gasteiger partial charge in [0.15, 0.2) is 10.0 Å². The number of thioether (sulfide) groups is 1. The van der Waals surface area contributed by atoms with Gasteiger partial charge in [-0.25, -0.2) is 9.78 Å². The first kappa shape index (κ1) is 22.4. The molecule has 2 aromatic rings. The second-order valence-electron chi connectivity index (χ2n) is 7.26. The monoisotopic (exact) mass is 454 g/mol. The molecular weight excluding hydrogens is 428 g/mol. The lowest BCUT2D eigenvalue weighted by atomic mass is 10.0. The lowest BCUT2D eigenvalue weighted by Gasteiger charge is -2.28. The second kappa shape index (κ2) is 10.7. The Kier molecular flexibility index (Phi) is 8.24. The van der Waals surface area contributed by atoms with Crippen molar-refractivity contribution in [3.8, 4) is 0 Å². The lowest BCUT2D eigenvalue weighted by molar-refractivity contribution is 0.0691. The molecule has 3 rings (SSSR count). The first-order valence-corrected chi connectivity index (χ1v) is 12.3. The molecule has 0 radical (unpaired) electrons. The largest absolute Gasteiger partial charge is 0.476 e. The van der Waals surface area contributed by atoms with Gasteiger partial charge in [-0.1, -0.05) is 43.7 Å². The van der Waals surface area contributed by atoms with Crippen LogP contribution in [0.3, 0.4) is 0 Å². The van der Waals surface area contributed by atoms with Crippen LogP contribution in [0.1, 0.15) is 61.2 Å². The van der Waals surface area contributed by atoms with E-state index in [0.29, 0.717) is 0 Å². The number of hydrogen-bond acceptors (Lipinski definition) is 6. The Hall–Kier alpha value is -1.28. The van der Waals surface area contributed by atoms with Crippen molar-refractivity contribution in [2.75, 3.05) is 17.2 Å². The normalized spacial score (nSPS) is 20.2. The second-order valence-corrected chi connectivity index (χ2v) is 10.0. The van der Waals surface area contributed by atoms with E-state index in [2.05, 4.69) is 28.9 Å². The number of aromatic carboxylic acids is 1. The highest BCUT2D eigenvalue weighted by atomic mass is 35.5. The number of benzene rings is 1. The number of unbranched alkanes of at least 4 members (excludes halogenated alkanes) is 1. The van der Waals surface area contributed by atoms with Crippen LogP contribution in [0.15, 0.2) is 34.0 Å². The molecule has 5 nitrogen and oxygen atoms in total. The minimum Gasteiger partial charge on any atom is -0.476 e. The highest BCUT2D eigenvalue weighted by molar-refractivity contribution is 8.01. The number of aliphatic hydroxyl groups excluding tert-OH is 1. The van der Waals surface area contributed by atoms with Crippen LogP contribution in [0.2, 0.25) is 0 Å². The molecule has 1 aliphatic heterocycles. The maximum Gasteiger partial charge on any atom is 0.355 e. The third-order valence-electron chi connectivity index (χ3n) is 5.25. The van der Waals surface area contributed by atoms with Crippen LogP contribution in [0.4, 0.5) is 5.69 Å². The third kappa shape index (κ3) is 5.87. The number of aliphatic hydroxyl groups is 1. The zero-order chi connectivity index (χ0) is 20.8. The van der Waals surface area contributed by atoms with Gasteiger partial charge in [0.25, 0.3) is 0 Å². The summed E-state index contributed by atoms with van der Waals surface area (Å²) in [6.45, 7) is 3.05. The minimum atomic E-state index is -0.987. The van der Waals surface area contributed by atoms with Gasteiger partial charge in [-0.2, -0.15) is 0 Å². The Morgan fingerprint density at radius 1 is 1.41 bits per heavy atom. The number of thiazole rings is 1. The molecule has 3 atom stereocenters. The zero-order valence-corrected chi connectivity index (χ0v) is 18.8. The number of nitrogens with zero attached hydrogens (tertiary/aromatic N) is 2. The molecule has 8 heteroatoms. The summed E-state index contributed by atoms with van der Waals surface area (Å²) in [5, 5.41) is 20.9. The van der Waals surface area contributed by atoms with Crippen LogP contribution in [0.5, 0.6) is 0 Å². The van der Waals surface area contributed by atoms with E-state index in [-0.39, 0.29) is 17.1 Å². The number of carbonyl (C=O) groups is 1. The van der Waals surface area contributed by atoms with E-state index in [1.165, 1.54) is 11.3 Å². The summed E-state index contributed by atoms with van der Waals surface area (Å²) in [4.78, 5) is 17.4. The average molecular weight is 455 g/mol. The van der Waals surface area contributed by atoms with Gasteiger partial charge in [-0.15, -0.1) is 22.9 Å². The molecular formula is C21H27ClN2O3S2. The van der Waals surface area contributed by atoms with Gasteiger partial charge in [-0.3, -0.25) is 0 Å². The van der Waals surface area contributed by atoms with Crippen molar-refractivity contribution in [3.05, 3.63) is 40.9 Å². The molecule has 29 heavy (non-hydrogen) atoms. The standard InChI is InChI=1S/C21H27ClN2O3S2/c1-2-3-4-19(25)14-5-7-15(8-6-14)24-11-9-16(22)18(24)10-12-28-21-23-17(13-29-21)20(26)27/h5-8,13,16,18-19,25H,2-4,9-12H2,1H3,(H,26,27). The summed E-state index contributed by atoms with van der Waals surface area (Å²) in [7, 11) is 0. The maximum absolute atomic E-state index is 11.0. The van der Waals surface area contributed by atoms with Crippen molar-refractivity contribution in [1.82, 2.24) is 4.98 Å². The van der Waals surface area contributed by atoms with E-state index < -0.39 is 12.1 Å². The minimum absolute atomic E-state index is 0.0938. The molecule has 158 valence electrons. The fraction of sp³-hybridized carbons (Fsp3) is 0.524. The van der Waals surface area contributed by atoms with Crippen molar-refractivity contribution in [1.29, 1.82) is 0 Å². The average Bonchev–Trinajstić information content (AvgIpc) is 3.34. The van der Waals surface area contributed by atoms with Gasteiger partial charge >= 0.3 is 5.97 Å². The molecule has 1 aromatic carbocycles. The first-order valence-electron chi connectivity index (χ1n) is 10.00. The summed E-state index contributed by atoms with van der Waals surface area (Å²) < 4.78 is 0.781. The Morgan fingerprint density at radius 2 is 2.17 bits per heavy atom. The zero-order valence-electron chi connectivity index (χ0n) is 16.5. The molecule has 0 amide bonds. The molecule has 1 aromatic heterocycles. The van der Waals surface area contributed by atoms with Crippen LogP contribution in [0.25, 0.3) is 0 Å². The van der Waals surface area contributed by atoms with Crippen molar-refractivity contribution < 1.29 is 15.0 Å². The van der Waals surface area contributed by atoms with E-state index in [9.17, 15) is 9.90 Å². The number of anilines is 1. The van der Waals surface area contributed by atoms with Gasteiger partial charge in [0.2, 0.25) is 0 Å². The number of aromatic nitrogens is 1. The number of carboxylic acid groups (broad SMARTS) is 1. The highest BCUT2D eigenvalue weighted by Crippen LogP contribution is 2.34. The number of halogens is 1. The third-order valence-corrected chi connectivity index (χ3v) is 7.81. The van der Waals surface area contributed by atoms with Crippen molar-refractivity contribution in [2.24, 2.45) is 0 Å². The number of rotatable bonds is 10. The number of alkyl halides is 1. The molecule has 0 aliphatic carbocycles. The summed E-state index contributed by atoms with van der Waals surface area (Å²) in [5.41, 5.74) is 2.21. The van der Waals surface area contributed by atoms with Crippen LogP contribution in [-0.4, -0.2) is 44.9 Å². The molecule has 2 heterocycles. The van der Waals surface area contributed by atoms with Crippen LogP contribution in [0, 0.1) is 0 Å². The van der Waals surface area contributed by atoms with Gasteiger partial charge < -0.3 is 15.1 Å². The maximum atomic E-state index is 11.0. The van der Waals surface area contributed by atoms with Gasteiger partial charge in [0, 0.05) is 29.4 Å². The fourth-order valence-electron chi connectivity index (χ4n) is 3.61. The SMILES string of the molecule is CCCCC(O)c1ccc(N2CCC(Cl)C2CCSc2nc(C(=O)O)cs2)cc1. The van der Waals surface area contributed by atoms with Gasteiger partial charge in [-0.05, 0) is 37.0 Å². The van der Waals surface area contributed by atoms with E-state index in [1.54, 1.807) is 17.1 Å². The highest BCUT2D eigenvalue weighted by Gasteiger charge is 2.32. The predicted octanol–water partition coefficient (Wildman–Crippen LogP) is 5.43. The van der Waals surface area contributed by atoms with Crippen LogP contribution in [-0.2, 0) is 0 Å². The van der Waals surface area contributed by atoms with Gasteiger partial charge in [0.1, 0.15) is 0 Å². The molecule has 1 aliphatic rings. The number of hydrogen-bond donors (Lipinski definition) is 2. The van der Waals surface area contributed by atoms with Gasteiger partial charge in [0.05, 0.1) is 11.5 Å². The summed E-state index contributed by atoms with van der Waals surface area (Å²) in [5.74, 6) is -0.149. The number of carboxylic acids is 1. The fourth-order valence-corrected chi connectivity index (χ4v) is 5.85. The summed E-state index contributed by atoms with van der Waals surface area (Å²) >= 11 is 9.56. The smallest absolute Gasteiger partial charge is 0.355 e. The van der Waals surface area contributed by atoms with Crippen LogP contribution >= 0.6 is 34.7 Å². The molecule has 1 saturated heterocycles. The molecule has 0 bridgehead atoms. The first-order chi connectivity index (χ1) is 14.0. The Morgan fingerprint density at radius 3 is 2.83 bits per heavy atom. The van der Waals surface area contributed by atoms with Crippen molar-refractivity contribution in [2.45, 2.75) is 60.9 Å². The molecule has 1 fully saturated rings. The Balaban J connectivity index is 1.57. The Bertz CT molecular complexity index is 799. The van der Waals surface area contributed by atoms with E-state index in [1.807, 2.05) is 12.1 Å². The quantitative estimate of drug-likeness (QED) is 0.368. The Labute approximate surface area is 185 Å². The summed E-state index contributed by atoms with van der Waals surface area (Å²) in [6.07, 6.45) is 4.35. The lowest BCUT2D eigenvalue weighted by Crippen LogP contribution is -2.33. The van der Waals surface area contributed by atoms with Crippen molar-refractivity contribution in [3.63, 3.8) is 0 Å². The van der Waals surface area contributed by atoms with Crippen molar-refractivity contribution >= 4 is 46.4 Å². The molecule has 0 spiro atoms. The molecule has 2 N–H and O–H groups in total.